The minimum Gasteiger partial charge on any atom is -0.480 e. The first kappa shape index (κ1) is 42.1. The number of hydrogen-bond donors (Lipinski definition) is 1. The molecule has 1 N–H and O–H groups in total. The van der Waals surface area contributed by atoms with Crippen molar-refractivity contribution in [2.75, 3.05) is 106 Å². The van der Waals surface area contributed by atoms with Gasteiger partial charge in [0.1, 0.15) is 6.61 Å². The van der Waals surface area contributed by atoms with Crippen LogP contribution in [0.2, 0.25) is 0 Å². The molecular weight excluding hydrogens is 556 g/mol. The van der Waals surface area contributed by atoms with E-state index in [0.717, 1.165) is 13.0 Å². The number of ether oxygens (including phenoxy) is 8. The van der Waals surface area contributed by atoms with Crippen LogP contribution in [0.5, 0.6) is 0 Å². The van der Waals surface area contributed by atoms with Gasteiger partial charge in [0.15, 0.2) is 0 Å². The molecule has 0 aliphatic rings. The molecule has 0 aromatic heterocycles. The summed E-state index contributed by atoms with van der Waals surface area (Å²) in [5.74, 6) is -0.986. The van der Waals surface area contributed by atoms with Gasteiger partial charge in [0, 0.05) is 6.61 Å². The molecule has 0 aliphatic carbocycles. The molecule has 0 aromatic rings. The van der Waals surface area contributed by atoms with Gasteiger partial charge in [-0.2, -0.15) is 0 Å². The topological polar surface area (TPSA) is 111 Å². The Morgan fingerprint density at radius 3 is 0.860 bits per heavy atom. The van der Waals surface area contributed by atoms with Gasteiger partial charge in [0.25, 0.3) is 0 Å². The summed E-state index contributed by atoms with van der Waals surface area (Å²) in [4.78, 5) is 10.3. The van der Waals surface area contributed by atoms with Gasteiger partial charge in [-0.25, -0.2) is 4.79 Å². The molecule has 0 atom stereocenters. The maximum absolute atomic E-state index is 10.3. The lowest BCUT2D eigenvalue weighted by Gasteiger charge is -2.08. The van der Waals surface area contributed by atoms with Gasteiger partial charge in [-0.05, 0) is 6.42 Å². The Morgan fingerprint density at radius 2 is 0.581 bits per heavy atom. The van der Waals surface area contributed by atoms with Crippen LogP contribution in [0.3, 0.4) is 0 Å². The van der Waals surface area contributed by atoms with Crippen molar-refractivity contribution < 1.29 is 47.8 Å². The van der Waals surface area contributed by atoms with E-state index in [1.807, 2.05) is 0 Å². The molecule has 10 heteroatoms. The fraction of sp³-hybridized carbons (Fsp3) is 0.970. The number of aliphatic carboxylic acids is 1. The summed E-state index contributed by atoms with van der Waals surface area (Å²) in [6.45, 7) is 9.68. The van der Waals surface area contributed by atoms with E-state index in [2.05, 4.69) is 6.92 Å². The predicted molar refractivity (Wildman–Crippen MR) is 169 cm³/mol. The third-order valence-electron chi connectivity index (χ3n) is 6.72. The van der Waals surface area contributed by atoms with Crippen LogP contribution < -0.4 is 0 Å². The van der Waals surface area contributed by atoms with Crippen LogP contribution in [-0.4, -0.2) is 117 Å². The average molecular weight is 623 g/mol. The van der Waals surface area contributed by atoms with E-state index in [0.29, 0.717) is 85.9 Å². The molecular formula is C33H66O10. The van der Waals surface area contributed by atoms with Crippen LogP contribution in [0.1, 0.15) is 103 Å². The molecule has 0 fully saturated rings. The van der Waals surface area contributed by atoms with Gasteiger partial charge in [0.2, 0.25) is 0 Å². The summed E-state index contributed by atoms with van der Waals surface area (Å²) in [7, 11) is 0. The molecule has 0 spiro atoms. The highest BCUT2D eigenvalue weighted by atomic mass is 16.6. The molecule has 0 aromatic carbocycles. The summed E-state index contributed by atoms with van der Waals surface area (Å²) in [5, 5.41) is 8.42. The first-order chi connectivity index (χ1) is 21.3. The monoisotopic (exact) mass is 622 g/mol. The van der Waals surface area contributed by atoms with Crippen molar-refractivity contribution in [1.29, 1.82) is 0 Å². The van der Waals surface area contributed by atoms with Crippen LogP contribution >= 0.6 is 0 Å². The maximum Gasteiger partial charge on any atom is 0.329 e. The maximum atomic E-state index is 10.3. The lowest BCUT2D eigenvalue weighted by atomic mass is 10.0. The molecule has 0 radical (unpaired) electrons. The molecule has 0 aliphatic heterocycles. The number of hydrogen-bond acceptors (Lipinski definition) is 9. The zero-order chi connectivity index (χ0) is 31.2. The molecule has 258 valence electrons. The first-order valence-electron chi connectivity index (χ1n) is 17.1. The van der Waals surface area contributed by atoms with E-state index in [-0.39, 0.29) is 13.2 Å². The Balaban J connectivity index is 3.03. The largest absolute Gasteiger partial charge is 0.480 e. The minimum atomic E-state index is -0.986. The highest BCUT2D eigenvalue weighted by molar-refractivity contribution is 5.67. The third-order valence-corrected chi connectivity index (χ3v) is 6.72. The van der Waals surface area contributed by atoms with E-state index in [9.17, 15) is 4.79 Å². The van der Waals surface area contributed by atoms with Crippen molar-refractivity contribution in [3.8, 4) is 0 Å². The van der Waals surface area contributed by atoms with Gasteiger partial charge < -0.3 is 43.0 Å². The standard InChI is InChI=1S/C33H66O10/c1-2-3-4-5-6-7-8-9-10-11-12-13-14-15-16-17-36-18-19-37-20-21-38-22-23-39-24-25-40-26-27-41-28-29-42-30-31-43-32-33(34)35/h2-32H2,1H3,(H,34,35). The Labute approximate surface area is 262 Å². The van der Waals surface area contributed by atoms with E-state index in [4.69, 9.17) is 43.0 Å². The summed E-state index contributed by atoms with van der Waals surface area (Å²) in [6, 6.07) is 0. The normalized spacial score (nSPS) is 11.5. The van der Waals surface area contributed by atoms with E-state index < -0.39 is 5.97 Å². The summed E-state index contributed by atoms with van der Waals surface area (Å²) >= 11 is 0. The summed E-state index contributed by atoms with van der Waals surface area (Å²) in [5.41, 5.74) is 0. The van der Waals surface area contributed by atoms with Gasteiger partial charge in [-0.15, -0.1) is 0 Å². The first-order valence-corrected chi connectivity index (χ1v) is 17.1. The third kappa shape index (κ3) is 41.1. The number of carboxylic acid groups (broad SMARTS) is 1. The quantitative estimate of drug-likeness (QED) is 0.0811. The van der Waals surface area contributed by atoms with Gasteiger partial charge in [-0.3, -0.25) is 0 Å². The number of carboxylic acids is 1. The van der Waals surface area contributed by atoms with Gasteiger partial charge in [0.05, 0.1) is 92.5 Å². The van der Waals surface area contributed by atoms with Crippen LogP contribution in [0.15, 0.2) is 0 Å². The Kier molecular flexibility index (Phi) is 38.4. The summed E-state index contributed by atoms with van der Waals surface area (Å²) < 4.78 is 43.1. The van der Waals surface area contributed by atoms with Crippen molar-refractivity contribution in [3.63, 3.8) is 0 Å². The molecule has 0 unspecified atom stereocenters. The smallest absolute Gasteiger partial charge is 0.329 e. The fourth-order valence-electron chi connectivity index (χ4n) is 4.27. The lowest BCUT2D eigenvalue weighted by molar-refractivity contribution is -0.142. The van der Waals surface area contributed by atoms with E-state index in [1.54, 1.807) is 0 Å². The zero-order valence-electron chi connectivity index (χ0n) is 27.5. The van der Waals surface area contributed by atoms with Crippen LogP contribution in [0, 0.1) is 0 Å². The average Bonchev–Trinajstić information content (AvgIpc) is 3.00. The molecule has 0 heterocycles. The second-order valence-electron chi connectivity index (χ2n) is 10.7. The number of unbranched alkanes of at least 4 members (excludes halogenated alkanes) is 14. The van der Waals surface area contributed by atoms with Crippen molar-refractivity contribution in [2.24, 2.45) is 0 Å². The molecule has 0 saturated carbocycles. The molecule has 10 nitrogen and oxygen atoms in total. The van der Waals surface area contributed by atoms with Crippen molar-refractivity contribution in [2.45, 2.75) is 103 Å². The van der Waals surface area contributed by atoms with Crippen LogP contribution in [0.25, 0.3) is 0 Å². The summed E-state index contributed by atoms with van der Waals surface area (Å²) in [6.07, 6.45) is 20.7. The van der Waals surface area contributed by atoms with Crippen molar-refractivity contribution >= 4 is 5.97 Å². The SMILES string of the molecule is CCCCCCCCCCCCCCCCCOCCOCCOCCOCCOCCOCCOCCOCC(=O)O. The van der Waals surface area contributed by atoms with Crippen molar-refractivity contribution in [1.82, 2.24) is 0 Å². The van der Waals surface area contributed by atoms with Crippen molar-refractivity contribution in [3.05, 3.63) is 0 Å². The Bertz CT molecular complexity index is 524. The molecule has 0 rings (SSSR count). The van der Waals surface area contributed by atoms with E-state index in [1.165, 1.54) is 89.9 Å². The van der Waals surface area contributed by atoms with Crippen LogP contribution in [0.4, 0.5) is 0 Å². The second kappa shape index (κ2) is 39.2. The fourth-order valence-corrected chi connectivity index (χ4v) is 4.27. The second-order valence-corrected chi connectivity index (χ2v) is 10.7. The zero-order valence-corrected chi connectivity index (χ0v) is 27.5. The number of rotatable bonds is 39. The Hall–Kier alpha value is -0.850. The molecule has 0 saturated heterocycles. The lowest BCUT2D eigenvalue weighted by Crippen LogP contribution is -2.15. The predicted octanol–water partition coefficient (Wildman–Crippen LogP) is 6.08. The number of carbonyl (C=O) groups is 1. The molecule has 43 heavy (non-hydrogen) atoms. The Morgan fingerprint density at radius 1 is 0.349 bits per heavy atom. The van der Waals surface area contributed by atoms with Crippen LogP contribution in [-0.2, 0) is 42.7 Å². The van der Waals surface area contributed by atoms with Gasteiger partial charge >= 0.3 is 5.97 Å². The molecule has 0 amide bonds. The highest BCUT2D eigenvalue weighted by Crippen LogP contribution is 2.13. The minimum absolute atomic E-state index is 0.253. The molecule has 0 bridgehead atoms. The highest BCUT2D eigenvalue weighted by Gasteiger charge is 1.98. The van der Waals surface area contributed by atoms with E-state index >= 15 is 0 Å². The van der Waals surface area contributed by atoms with Gasteiger partial charge in [-0.1, -0.05) is 96.8 Å².